The van der Waals surface area contributed by atoms with E-state index >= 15 is 0 Å². The fourth-order valence-electron chi connectivity index (χ4n) is 2.47. The summed E-state index contributed by atoms with van der Waals surface area (Å²) in [5.41, 5.74) is 1.93. The van der Waals surface area contributed by atoms with E-state index < -0.39 is 5.92 Å². The SMILES string of the molecule is CC(C)OCCCNc1nccc(C(C#N)c2nc3ccccc3o2)n1. The number of anilines is 1. The number of hydrogen-bond donors (Lipinski definition) is 1. The number of nitriles is 1. The molecule has 0 aliphatic rings. The lowest BCUT2D eigenvalue weighted by Gasteiger charge is -2.09. The van der Waals surface area contributed by atoms with Gasteiger partial charge in [0.15, 0.2) is 11.5 Å². The number of benzene rings is 1. The minimum atomic E-state index is -0.685. The predicted molar refractivity (Wildman–Crippen MR) is 97.7 cm³/mol. The van der Waals surface area contributed by atoms with E-state index in [2.05, 4.69) is 26.3 Å². The van der Waals surface area contributed by atoms with Crippen LogP contribution in [0.15, 0.2) is 40.9 Å². The quantitative estimate of drug-likeness (QED) is 0.620. The maximum absolute atomic E-state index is 9.60. The molecule has 7 heteroatoms. The van der Waals surface area contributed by atoms with Crippen LogP contribution in [0.1, 0.15) is 37.8 Å². The molecule has 2 heterocycles. The number of nitrogens with zero attached hydrogens (tertiary/aromatic N) is 4. The number of ether oxygens (including phenoxy) is 1. The minimum absolute atomic E-state index is 0.224. The fourth-order valence-corrected chi connectivity index (χ4v) is 2.47. The molecule has 3 rings (SSSR count). The van der Waals surface area contributed by atoms with Crippen molar-refractivity contribution in [3.8, 4) is 6.07 Å². The highest BCUT2D eigenvalue weighted by Gasteiger charge is 2.22. The summed E-state index contributed by atoms with van der Waals surface area (Å²) in [7, 11) is 0. The molecule has 1 aromatic carbocycles. The van der Waals surface area contributed by atoms with E-state index in [0.29, 0.717) is 36.3 Å². The number of aromatic nitrogens is 3. The maximum Gasteiger partial charge on any atom is 0.222 e. The molecule has 0 amide bonds. The molecule has 134 valence electrons. The van der Waals surface area contributed by atoms with E-state index in [1.165, 1.54) is 0 Å². The molecule has 0 fully saturated rings. The van der Waals surface area contributed by atoms with Crippen molar-refractivity contribution in [2.75, 3.05) is 18.5 Å². The standard InChI is InChI=1S/C19H21N5O2/c1-13(2)25-11-5-9-21-19-22-10-8-15(24-19)14(12-20)18-23-16-6-3-4-7-17(16)26-18/h3-4,6-8,10,13-14H,5,9,11H2,1-2H3,(H,21,22,24). The van der Waals surface area contributed by atoms with Gasteiger partial charge in [0.2, 0.25) is 11.8 Å². The molecular formula is C19H21N5O2. The van der Waals surface area contributed by atoms with Gasteiger partial charge in [-0.1, -0.05) is 12.1 Å². The molecule has 7 nitrogen and oxygen atoms in total. The molecule has 0 aliphatic heterocycles. The van der Waals surface area contributed by atoms with Crippen LogP contribution in [0, 0.1) is 11.3 Å². The summed E-state index contributed by atoms with van der Waals surface area (Å²) in [4.78, 5) is 13.0. The zero-order valence-electron chi connectivity index (χ0n) is 14.8. The average Bonchev–Trinajstić information content (AvgIpc) is 3.06. The topological polar surface area (TPSA) is 96.9 Å². The van der Waals surface area contributed by atoms with Crippen LogP contribution in [-0.4, -0.2) is 34.2 Å². The minimum Gasteiger partial charge on any atom is -0.439 e. The zero-order valence-corrected chi connectivity index (χ0v) is 14.8. The van der Waals surface area contributed by atoms with Crippen LogP contribution in [0.5, 0.6) is 0 Å². The van der Waals surface area contributed by atoms with Gasteiger partial charge in [-0.25, -0.2) is 15.0 Å². The Hall–Kier alpha value is -2.98. The lowest BCUT2D eigenvalue weighted by Crippen LogP contribution is -2.12. The van der Waals surface area contributed by atoms with Gasteiger partial charge in [0.25, 0.3) is 0 Å². The normalized spacial score (nSPS) is 12.2. The van der Waals surface area contributed by atoms with Gasteiger partial charge in [-0.3, -0.25) is 0 Å². The summed E-state index contributed by atoms with van der Waals surface area (Å²) >= 11 is 0. The molecule has 3 aromatic rings. The Morgan fingerprint density at radius 3 is 2.85 bits per heavy atom. The third-order valence-corrected chi connectivity index (χ3v) is 3.71. The Bertz CT molecular complexity index is 867. The van der Waals surface area contributed by atoms with Gasteiger partial charge in [-0.2, -0.15) is 5.26 Å². The van der Waals surface area contributed by atoms with E-state index in [9.17, 15) is 5.26 Å². The van der Waals surface area contributed by atoms with Crippen molar-refractivity contribution >= 4 is 17.0 Å². The maximum atomic E-state index is 9.60. The highest BCUT2D eigenvalue weighted by molar-refractivity contribution is 5.72. The first-order valence-corrected chi connectivity index (χ1v) is 8.61. The Morgan fingerprint density at radius 1 is 1.23 bits per heavy atom. The number of nitrogens with one attached hydrogen (secondary N) is 1. The zero-order chi connectivity index (χ0) is 18.4. The van der Waals surface area contributed by atoms with Crippen molar-refractivity contribution in [1.29, 1.82) is 5.26 Å². The molecule has 0 spiro atoms. The van der Waals surface area contributed by atoms with E-state index in [-0.39, 0.29) is 6.10 Å². The molecule has 0 aliphatic carbocycles. The van der Waals surface area contributed by atoms with Gasteiger partial charge in [0, 0.05) is 19.3 Å². The van der Waals surface area contributed by atoms with Gasteiger partial charge < -0.3 is 14.5 Å². The number of fused-ring (bicyclic) bond motifs is 1. The monoisotopic (exact) mass is 351 g/mol. The Morgan fingerprint density at radius 2 is 2.08 bits per heavy atom. The van der Waals surface area contributed by atoms with E-state index in [1.54, 1.807) is 12.3 Å². The van der Waals surface area contributed by atoms with E-state index in [4.69, 9.17) is 9.15 Å². The predicted octanol–water partition coefficient (Wildman–Crippen LogP) is 3.50. The largest absolute Gasteiger partial charge is 0.439 e. The highest BCUT2D eigenvalue weighted by Crippen LogP contribution is 2.25. The van der Waals surface area contributed by atoms with Gasteiger partial charge in [-0.15, -0.1) is 0 Å². The number of rotatable bonds is 8. The van der Waals surface area contributed by atoms with Crippen molar-refractivity contribution in [3.63, 3.8) is 0 Å². The van der Waals surface area contributed by atoms with Crippen molar-refractivity contribution in [2.24, 2.45) is 0 Å². The second-order valence-electron chi connectivity index (χ2n) is 6.09. The molecular weight excluding hydrogens is 330 g/mol. The molecule has 1 N–H and O–H groups in total. The van der Waals surface area contributed by atoms with E-state index in [0.717, 1.165) is 11.9 Å². The van der Waals surface area contributed by atoms with Gasteiger partial charge >= 0.3 is 0 Å². The van der Waals surface area contributed by atoms with Crippen LogP contribution < -0.4 is 5.32 Å². The third kappa shape index (κ3) is 4.35. The van der Waals surface area contributed by atoms with Crippen LogP contribution in [0.25, 0.3) is 11.1 Å². The van der Waals surface area contributed by atoms with Crippen molar-refractivity contribution < 1.29 is 9.15 Å². The molecule has 0 saturated carbocycles. The van der Waals surface area contributed by atoms with Crippen LogP contribution in [0.3, 0.4) is 0 Å². The first kappa shape index (κ1) is 17.8. The second-order valence-corrected chi connectivity index (χ2v) is 6.09. The molecule has 26 heavy (non-hydrogen) atoms. The summed E-state index contributed by atoms with van der Waals surface area (Å²) in [6.07, 6.45) is 2.70. The summed E-state index contributed by atoms with van der Waals surface area (Å²) in [5.74, 6) is 0.127. The third-order valence-electron chi connectivity index (χ3n) is 3.71. The van der Waals surface area contributed by atoms with Crippen LogP contribution >= 0.6 is 0 Å². The Balaban J connectivity index is 1.70. The van der Waals surface area contributed by atoms with Crippen LogP contribution in [0.4, 0.5) is 5.95 Å². The van der Waals surface area contributed by atoms with Crippen LogP contribution in [-0.2, 0) is 4.74 Å². The number of oxazole rings is 1. The van der Waals surface area contributed by atoms with Gasteiger partial charge in [-0.05, 0) is 38.5 Å². The smallest absolute Gasteiger partial charge is 0.222 e. The summed E-state index contributed by atoms with van der Waals surface area (Å²) in [6, 6.07) is 11.3. The first-order valence-electron chi connectivity index (χ1n) is 8.61. The summed E-state index contributed by atoms with van der Waals surface area (Å²) in [6.45, 7) is 5.38. The number of para-hydroxylation sites is 2. The van der Waals surface area contributed by atoms with Crippen LogP contribution in [0.2, 0.25) is 0 Å². The molecule has 1 unspecified atom stereocenters. The molecule has 0 radical (unpaired) electrons. The Kier molecular flexibility index (Phi) is 5.77. The van der Waals surface area contributed by atoms with Crippen molar-refractivity contribution in [1.82, 2.24) is 15.0 Å². The fraction of sp³-hybridized carbons (Fsp3) is 0.368. The molecule has 2 aromatic heterocycles. The van der Waals surface area contributed by atoms with Crippen molar-refractivity contribution in [3.05, 3.63) is 48.1 Å². The molecule has 0 bridgehead atoms. The number of hydrogen-bond acceptors (Lipinski definition) is 7. The highest BCUT2D eigenvalue weighted by atomic mass is 16.5. The lowest BCUT2D eigenvalue weighted by molar-refractivity contribution is 0.0787. The second kappa shape index (κ2) is 8.41. The van der Waals surface area contributed by atoms with Gasteiger partial charge in [0.1, 0.15) is 5.52 Å². The first-order chi connectivity index (χ1) is 12.7. The molecule has 1 atom stereocenters. The molecule has 0 saturated heterocycles. The summed E-state index contributed by atoms with van der Waals surface area (Å²) < 4.78 is 11.2. The van der Waals surface area contributed by atoms with Crippen molar-refractivity contribution in [2.45, 2.75) is 32.3 Å². The van der Waals surface area contributed by atoms with E-state index in [1.807, 2.05) is 38.1 Å². The Labute approximate surface area is 152 Å². The van der Waals surface area contributed by atoms with Gasteiger partial charge in [0.05, 0.1) is 17.9 Å². The average molecular weight is 351 g/mol. The summed E-state index contributed by atoms with van der Waals surface area (Å²) in [5, 5.41) is 12.8. The lowest BCUT2D eigenvalue weighted by atomic mass is 10.1.